The molecule has 18 heavy (non-hydrogen) atoms. The van der Waals surface area contributed by atoms with Crippen molar-refractivity contribution in [2.45, 2.75) is 12.8 Å². The van der Waals surface area contributed by atoms with Gasteiger partial charge in [-0.3, -0.25) is 4.79 Å². The minimum atomic E-state index is -0.208. The van der Waals surface area contributed by atoms with Gasteiger partial charge in [0.15, 0.2) is 0 Å². The molecule has 92 valence electrons. The van der Waals surface area contributed by atoms with Crippen molar-refractivity contribution in [3.63, 3.8) is 0 Å². The number of pyridine rings is 1. The molecule has 1 unspecified atom stereocenters. The number of carbonyl (C=O) groups is 1. The van der Waals surface area contributed by atoms with Gasteiger partial charge in [0.1, 0.15) is 5.82 Å². The van der Waals surface area contributed by atoms with Gasteiger partial charge in [-0.25, -0.2) is 4.98 Å². The fourth-order valence-corrected chi connectivity index (χ4v) is 1.95. The number of hydrogen-bond donors (Lipinski definition) is 1. The predicted molar refractivity (Wildman–Crippen MR) is 75.4 cm³/mol. The molecule has 0 radical (unpaired) electrons. The topological polar surface area (TPSA) is 42.0 Å². The van der Waals surface area contributed by atoms with Gasteiger partial charge in [-0.05, 0) is 40.5 Å². The highest BCUT2D eigenvalue weighted by Gasteiger charge is 2.16. The molecule has 0 fully saturated rings. The second kappa shape index (κ2) is 5.78. The quantitative estimate of drug-likeness (QED) is 0.941. The summed E-state index contributed by atoms with van der Waals surface area (Å²) in [5, 5.41) is 2.81. The van der Waals surface area contributed by atoms with E-state index in [1.807, 2.05) is 43.3 Å². The lowest BCUT2D eigenvalue weighted by Crippen LogP contribution is -2.19. The lowest BCUT2D eigenvalue weighted by Gasteiger charge is -2.12. The number of halogens is 1. The van der Waals surface area contributed by atoms with E-state index in [1.54, 1.807) is 12.3 Å². The van der Waals surface area contributed by atoms with Crippen LogP contribution in [-0.2, 0) is 4.79 Å². The van der Waals surface area contributed by atoms with Crippen molar-refractivity contribution in [2.24, 2.45) is 0 Å². The zero-order valence-electron chi connectivity index (χ0n) is 9.93. The Labute approximate surface area is 114 Å². The van der Waals surface area contributed by atoms with Gasteiger partial charge in [0.25, 0.3) is 0 Å². The van der Waals surface area contributed by atoms with Crippen molar-refractivity contribution in [3.8, 4) is 0 Å². The summed E-state index contributed by atoms with van der Waals surface area (Å²) in [4.78, 5) is 16.2. The number of carbonyl (C=O) groups excluding carboxylic acids is 1. The zero-order chi connectivity index (χ0) is 13.0. The summed E-state index contributed by atoms with van der Waals surface area (Å²) in [6, 6.07) is 13.3. The lowest BCUT2D eigenvalue weighted by atomic mass is 10.0. The van der Waals surface area contributed by atoms with Gasteiger partial charge in [-0.15, -0.1) is 0 Å². The summed E-state index contributed by atoms with van der Waals surface area (Å²) >= 11 is 3.35. The van der Waals surface area contributed by atoms with Crippen molar-refractivity contribution in [3.05, 3.63) is 58.7 Å². The van der Waals surface area contributed by atoms with Crippen LogP contribution < -0.4 is 5.32 Å². The van der Waals surface area contributed by atoms with Gasteiger partial charge >= 0.3 is 0 Å². The Morgan fingerprint density at radius 2 is 1.94 bits per heavy atom. The number of amides is 1. The standard InChI is InChI=1S/C14H13BrN2O/c1-10(11-6-3-2-4-7-11)14(18)17-13-12(15)8-5-9-16-13/h2-10H,1H3,(H,16,17,18). The average molecular weight is 305 g/mol. The third-order valence-electron chi connectivity index (χ3n) is 2.69. The van der Waals surface area contributed by atoms with E-state index in [2.05, 4.69) is 26.2 Å². The molecule has 2 rings (SSSR count). The van der Waals surface area contributed by atoms with Crippen molar-refractivity contribution in [1.82, 2.24) is 4.98 Å². The minimum absolute atomic E-state index is 0.0689. The van der Waals surface area contributed by atoms with Crippen molar-refractivity contribution in [2.75, 3.05) is 5.32 Å². The highest BCUT2D eigenvalue weighted by atomic mass is 79.9. The van der Waals surface area contributed by atoms with Crippen LogP contribution in [0.5, 0.6) is 0 Å². The predicted octanol–water partition coefficient (Wildman–Crippen LogP) is 3.59. The maximum absolute atomic E-state index is 12.1. The molecule has 1 aromatic carbocycles. The van der Waals surface area contributed by atoms with E-state index in [0.29, 0.717) is 5.82 Å². The Kier molecular flexibility index (Phi) is 4.10. The van der Waals surface area contributed by atoms with E-state index in [9.17, 15) is 4.79 Å². The van der Waals surface area contributed by atoms with E-state index in [1.165, 1.54) is 0 Å². The third kappa shape index (κ3) is 2.96. The maximum atomic E-state index is 12.1. The molecule has 0 aliphatic carbocycles. The number of anilines is 1. The largest absolute Gasteiger partial charge is 0.309 e. The summed E-state index contributed by atoms with van der Waals surface area (Å²) in [7, 11) is 0. The molecule has 4 heteroatoms. The second-order valence-electron chi connectivity index (χ2n) is 3.96. The van der Waals surface area contributed by atoms with Crippen LogP contribution in [0, 0.1) is 0 Å². The summed E-state index contributed by atoms with van der Waals surface area (Å²) in [6.45, 7) is 1.88. The summed E-state index contributed by atoms with van der Waals surface area (Å²) in [5.74, 6) is 0.269. The molecule has 2 aromatic rings. The smallest absolute Gasteiger partial charge is 0.232 e. The first-order chi connectivity index (χ1) is 8.68. The number of nitrogens with zero attached hydrogens (tertiary/aromatic N) is 1. The van der Waals surface area contributed by atoms with E-state index < -0.39 is 0 Å². The molecule has 0 aliphatic heterocycles. The van der Waals surface area contributed by atoms with Gasteiger partial charge in [0.2, 0.25) is 5.91 Å². The summed E-state index contributed by atoms with van der Waals surface area (Å²) < 4.78 is 0.776. The Bertz CT molecular complexity index is 543. The lowest BCUT2D eigenvalue weighted by molar-refractivity contribution is -0.117. The first-order valence-electron chi connectivity index (χ1n) is 5.65. The Hall–Kier alpha value is -1.68. The van der Waals surface area contributed by atoms with E-state index in [-0.39, 0.29) is 11.8 Å². The molecule has 0 saturated heterocycles. The molecule has 1 aromatic heterocycles. The molecule has 0 aliphatic rings. The van der Waals surface area contributed by atoms with Gasteiger partial charge in [0, 0.05) is 6.20 Å². The van der Waals surface area contributed by atoms with Crippen LogP contribution in [0.1, 0.15) is 18.4 Å². The van der Waals surface area contributed by atoms with Crippen LogP contribution in [0.25, 0.3) is 0 Å². The fraction of sp³-hybridized carbons (Fsp3) is 0.143. The molecule has 1 N–H and O–H groups in total. The van der Waals surface area contributed by atoms with Crippen LogP contribution in [-0.4, -0.2) is 10.9 Å². The number of nitrogens with one attached hydrogen (secondary N) is 1. The van der Waals surface area contributed by atoms with Crippen molar-refractivity contribution in [1.29, 1.82) is 0 Å². The Balaban J connectivity index is 2.12. The minimum Gasteiger partial charge on any atom is -0.309 e. The molecule has 1 amide bonds. The zero-order valence-corrected chi connectivity index (χ0v) is 11.5. The first-order valence-corrected chi connectivity index (χ1v) is 6.44. The third-order valence-corrected chi connectivity index (χ3v) is 3.33. The second-order valence-corrected chi connectivity index (χ2v) is 4.81. The fourth-order valence-electron chi connectivity index (χ4n) is 1.60. The van der Waals surface area contributed by atoms with Crippen LogP contribution in [0.3, 0.4) is 0 Å². The van der Waals surface area contributed by atoms with Crippen LogP contribution in [0.2, 0.25) is 0 Å². The molecule has 1 heterocycles. The highest BCUT2D eigenvalue weighted by molar-refractivity contribution is 9.10. The van der Waals surface area contributed by atoms with Crippen LogP contribution in [0.4, 0.5) is 5.82 Å². The molecule has 1 atom stereocenters. The van der Waals surface area contributed by atoms with Crippen LogP contribution >= 0.6 is 15.9 Å². The summed E-state index contributed by atoms with van der Waals surface area (Å²) in [5.41, 5.74) is 0.988. The van der Waals surface area contributed by atoms with Crippen molar-refractivity contribution < 1.29 is 4.79 Å². The highest BCUT2D eigenvalue weighted by Crippen LogP contribution is 2.21. The maximum Gasteiger partial charge on any atom is 0.232 e. The van der Waals surface area contributed by atoms with E-state index >= 15 is 0 Å². The number of rotatable bonds is 3. The number of hydrogen-bond acceptors (Lipinski definition) is 2. The van der Waals surface area contributed by atoms with Gasteiger partial charge in [0.05, 0.1) is 10.4 Å². The Morgan fingerprint density at radius 1 is 1.22 bits per heavy atom. The average Bonchev–Trinajstić information content (AvgIpc) is 2.41. The molecular formula is C14H13BrN2O. The molecule has 0 spiro atoms. The molecule has 3 nitrogen and oxygen atoms in total. The van der Waals surface area contributed by atoms with E-state index in [4.69, 9.17) is 0 Å². The van der Waals surface area contributed by atoms with Crippen molar-refractivity contribution >= 4 is 27.7 Å². The molecule has 0 saturated carbocycles. The van der Waals surface area contributed by atoms with E-state index in [0.717, 1.165) is 10.0 Å². The molecule has 0 bridgehead atoms. The normalized spacial score (nSPS) is 11.9. The Morgan fingerprint density at radius 3 is 2.61 bits per heavy atom. The van der Waals surface area contributed by atoms with Gasteiger partial charge < -0.3 is 5.32 Å². The SMILES string of the molecule is CC(C(=O)Nc1ncccc1Br)c1ccccc1. The first kappa shape index (κ1) is 12.8. The number of aromatic nitrogens is 1. The monoisotopic (exact) mass is 304 g/mol. The molecular weight excluding hydrogens is 292 g/mol. The number of benzene rings is 1. The van der Waals surface area contributed by atoms with Crippen LogP contribution in [0.15, 0.2) is 53.1 Å². The summed E-state index contributed by atoms with van der Waals surface area (Å²) in [6.07, 6.45) is 1.65. The van der Waals surface area contributed by atoms with Gasteiger partial charge in [-0.1, -0.05) is 30.3 Å². The van der Waals surface area contributed by atoms with Gasteiger partial charge in [-0.2, -0.15) is 0 Å².